The molecule has 15 heavy (non-hydrogen) atoms. The number of rotatable bonds is 4. The van der Waals surface area contributed by atoms with E-state index in [4.69, 9.17) is 0 Å². The minimum absolute atomic E-state index is 0.0589. The van der Waals surface area contributed by atoms with E-state index in [1.54, 1.807) is 6.92 Å². The van der Waals surface area contributed by atoms with Crippen molar-refractivity contribution < 1.29 is 10.2 Å². The summed E-state index contributed by atoms with van der Waals surface area (Å²) < 4.78 is 0. The SMILES string of the molecule is CC(O)Cc1ccc(C2(CO)CC2)cc1. The van der Waals surface area contributed by atoms with E-state index in [0.717, 1.165) is 18.4 Å². The van der Waals surface area contributed by atoms with Crippen molar-refractivity contribution >= 4 is 0 Å². The lowest BCUT2D eigenvalue weighted by molar-refractivity contribution is 0.195. The Kier molecular flexibility index (Phi) is 2.81. The van der Waals surface area contributed by atoms with Gasteiger partial charge in [0.1, 0.15) is 0 Å². The Hall–Kier alpha value is -0.860. The zero-order valence-electron chi connectivity index (χ0n) is 9.11. The third-order valence-corrected chi connectivity index (χ3v) is 3.25. The van der Waals surface area contributed by atoms with Gasteiger partial charge in [-0.15, -0.1) is 0 Å². The molecule has 2 heteroatoms. The van der Waals surface area contributed by atoms with Gasteiger partial charge < -0.3 is 10.2 Å². The van der Waals surface area contributed by atoms with Crippen LogP contribution in [0.15, 0.2) is 24.3 Å². The van der Waals surface area contributed by atoms with Gasteiger partial charge in [-0.3, -0.25) is 0 Å². The minimum atomic E-state index is -0.288. The molecule has 0 amide bonds. The van der Waals surface area contributed by atoms with Crippen molar-refractivity contribution in [2.45, 2.75) is 37.7 Å². The Balaban J connectivity index is 2.10. The van der Waals surface area contributed by atoms with Crippen molar-refractivity contribution in [3.8, 4) is 0 Å². The first kappa shape index (κ1) is 10.7. The summed E-state index contributed by atoms with van der Waals surface area (Å²) in [5.41, 5.74) is 2.45. The van der Waals surface area contributed by atoms with Gasteiger partial charge in [0, 0.05) is 5.41 Å². The van der Waals surface area contributed by atoms with Crippen molar-refractivity contribution in [3.05, 3.63) is 35.4 Å². The second-order valence-electron chi connectivity index (χ2n) is 4.69. The lowest BCUT2D eigenvalue weighted by atomic mass is 9.95. The van der Waals surface area contributed by atoms with E-state index in [0.29, 0.717) is 6.42 Å². The Morgan fingerprint density at radius 3 is 2.27 bits per heavy atom. The lowest BCUT2D eigenvalue weighted by Gasteiger charge is -2.13. The van der Waals surface area contributed by atoms with Crippen LogP contribution in [0, 0.1) is 0 Å². The van der Waals surface area contributed by atoms with Crippen LogP contribution < -0.4 is 0 Å². The molecule has 1 atom stereocenters. The maximum absolute atomic E-state index is 9.28. The van der Waals surface area contributed by atoms with Crippen molar-refractivity contribution in [1.29, 1.82) is 0 Å². The average molecular weight is 206 g/mol. The van der Waals surface area contributed by atoms with Gasteiger partial charge in [-0.2, -0.15) is 0 Å². The molecule has 0 aromatic heterocycles. The fourth-order valence-electron chi connectivity index (χ4n) is 2.02. The van der Waals surface area contributed by atoms with Crippen LogP contribution in [0.4, 0.5) is 0 Å². The fraction of sp³-hybridized carbons (Fsp3) is 0.538. The third kappa shape index (κ3) is 2.21. The summed E-state index contributed by atoms with van der Waals surface area (Å²) in [5, 5.41) is 18.5. The van der Waals surface area contributed by atoms with Crippen molar-refractivity contribution in [2.75, 3.05) is 6.61 Å². The van der Waals surface area contributed by atoms with Gasteiger partial charge in [-0.1, -0.05) is 24.3 Å². The third-order valence-electron chi connectivity index (χ3n) is 3.25. The molecule has 2 nitrogen and oxygen atoms in total. The van der Waals surface area contributed by atoms with Gasteiger partial charge in [-0.05, 0) is 37.3 Å². The minimum Gasteiger partial charge on any atom is -0.395 e. The van der Waals surface area contributed by atoms with Crippen LogP contribution in [0.25, 0.3) is 0 Å². The second kappa shape index (κ2) is 3.95. The highest BCUT2D eigenvalue weighted by Gasteiger charge is 2.43. The summed E-state index contributed by atoms with van der Waals surface area (Å²) >= 11 is 0. The van der Waals surface area contributed by atoms with Crippen molar-refractivity contribution in [1.82, 2.24) is 0 Å². The lowest BCUT2D eigenvalue weighted by Crippen LogP contribution is -2.12. The smallest absolute Gasteiger partial charge is 0.0552 e. The molecule has 0 saturated heterocycles. The van der Waals surface area contributed by atoms with Crippen LogP contribution in [0.1, 0.15) is 30.9 Å². The number of aliphatic hydroxyl groups excluding tert-OH is 2. The van der Waals surface area contributed by atoms with E-state index in [1.807, 2.05) is 0 Å². The van der Waals surface area contributed by atoms with E-state index < -0.39 is 0 Å². The molecule has 0 bridgehead atoms. The number of benzene rings is 1. The Bertz CT molecular complexity index is 323. The summed E-state index contributed by atoms with van der Waals surface area (Å²) in [4.78, 5) is 0. The summed E-state index contributed by atoms with van der Waals surface area (Å²) in [5.74, 6) is 0. The molecule has 1 aliphatic rings. The van der Waals surface area contributed by atoms with Crippen molar-refractivity contribution in [2.24, 2.45) is 0 Å². The molecule has 1 saturated carbocycles. The predicted molar refractivity (Wildman–Crippen MR) is 59.8 cm³/mol. The number of hydrogen-bond donors (Lipinski definition) is 2. The maximum atomic E-state index is 9.28. The van der Waals surface area contributed by atoms with Crippen molar-refractivity contribution in [3.63, 3.8) is 0 Å². The summed E-state index contributed by atoms with van der Waals surface area (Å²) in [7, 11) is 0. The molecular formula is C13H18O2. The van der Waals surface area contributed by atoms with Gasteiger partial charge in [0.25, 0.3) is 0 Å². The Morgan fingerprint density at radius 2 is 1.87 bits per heavy atom. The molecule has 0 heterocycles. The highest BCUT2D eigenvalue weighted by molar-refractivity contribution is 5.34. The highest BCUT2D eigenvalue weighted by atomic mass is 16.3. The van der Waals surface area contributed by atoms with E-state index in [2.05, 4.69) is 24.3 Å². The predicted octanol–water partition coefficient (Wildman–Crippen LogP) is 1.63. The first-order chi connectivity index (χ1) is 7.16. The molecule has 1 unspecified atom stereocenters. The van der Waals surface area contributed by atoms with E-state index in [9.17, 15) is 10.2 Å². The summed E-state index contributed by atoms with van der Waals surface area (Å²) in [6.07, 6.45) is 2.61. The molecule has 0 spiro atoms. The normalized spacial score (nSPS) is 19.9. The molecule has 1 aromatic carbocycles. The quantitative estimate of drug-likeness (QED) is 0.786. The average Bonchev–Trinajstić information content (AvgIpc) is 2.99. The zero-order valence-corrected chi connectivity index (χ0v) is 9.11. The van der Waals surface area contributed by atoms with Gasteiger partial charge in [0.2, 0.25) is 0 Å². The monoisotopic (exact) mass is 206 g/mol. The molecule has 1 fully saturated rings. The van der Waals surface area contributed by atoms with Crippen LogP contribution in [0.2, 0.25) is 0 Å². The standard InChI is InChI=1S/C13H18O2/c1-10(15)8-11-2-4-12(5-3-11)13(9-14)6-7-13/h2-5,10,14-15H,6-9H2,1H3. The molecule has 0 radical (unpaired) electrons. The van der Waals surface area contributed by atoms with E-state index in [1.165, 1.54) is 5.56 Å². The Labute approximate surface area is 90.6 Å². The number of aliphatic hydroxyl groups is 2. The zero-order chi connectivity index (χ0) is 10.9. The molecule has 1 aromatic rings. The molecule has 0 aliphatic heterocycles. The molecule has 2 rings (SSSR count). The summed E-state index contributed by atoms with van der Waals surface area (Å²) in [6.45, 7) is 2.05. The van der Waals surface area contributed by atoms with Crippen LogP contribution in [0.3, 0.4) is 0 Å². The molecule has 2 N–H and O–H groups in total. The van der Waals surface area contributed by atoms with Gasteiger partial charge in [0.05, 0.1) is 12.7 Å². The fourth-order valence-corrected chi connectivity index (χ4v) is 2.02. The first-order valence-corrected chi connectivity index (χ1v) is 5.55. The van der Waals surface area contributed by atoms with Gasteiger partial charge in [0.15, 0.2) is 0 Å². The molecule has 82 valence electrons. The topological polar surface area (TPSA) is 40.5 Å². The maximum Gasteiger partial charge on any atom is 0.0552 e. The first-order valence-electron chi connectivity index (χ1n) is 5.55. The van der Waals surface area contributed by atoms with Crippen LogP contribution in [-0.2, 0) is 11.8 Å². The van der Waals surface area contributed by atoms with E-state index >= 15 is 0 Å². The molecule has 1 aliphatic carbocycles. The largest absolute Gasteiger partial charge is 0.395 e. The molecular weight excluding hydrogens is 188 g/mol. The van der Waals surface area contributed by atoms with Crippen LogP contribution in [-0.4, -0.2) is 22.9 Å². The summed E-state index contributed by atoms with van der Waals surface area (Å²) in [6, 6.07) is 8.28. The van der Waals surface area contributed by atoms with Crippen LogP contribution in [0.5, 0.6) is 0 Å². The Morgan fingerprint density at radius 1 is 1.27 bits per heavy atom. The van der Waals surface area contributed by atoms with E-state index in [-0.39, 0.29) is 18.1 Å². The second-order valence-corrected chi connectivity index (χ2v) is 4.69. The van der Waals surface area contributed by atoms with Gasteiger partial charge in [-0.25, -0.2) is 0 Å². The highest BCUT2D eigenvalue weighted by Crippen LogP contribution is 2.47. The number of hydrogen-bond acceptors (Lipinski definition) is 2. The van der Waals surface area contributed by atoms with Gasteiger partial charge >= 0.3 is 0 Å². The van der Waals surface area contributed by atoms with Crippen LogP contribution >= 0.6 is 0 Å².